The van der Waals surface area contributed by atoms with Crippen LogP contribution in [-0.2, 0) is 16.8 Å². The smallest absolute Gasteiger partial charge is 0.230 e. The van der Waals surface area contributed by atoms with E-state index in [0.29, 0.717) is 18.7 Å². The van der Waals surface area contributed by atoms with Crippen LogP contribution in [0.1, 0.15) is 49.1 Å². The van der Waals surface area contributed by atoms with Crippen molar-refractivity contribution < 1.29 is 14.4 Å². The summed E-state index contributed by atoms with van der Waals surface area (Å²) in [5.74, 6) is 0.782. The second-order valence-electron chi connectivity index (χ2n) is 7.70. The van der Waals surface area contributed by atoms with Gasteiger partial charge in [-0.25, -0.2) is 0 Å². The van der Waals surface area contributed by atoms with Gasteiger partial charge in [0, 0.05) is 24.6 Å². The van der Waals surface area contributed by atoms with E-state index in [4.69, 9.17) is 4.52 Å². The molecule has 1 saturated heterocycles. The molecule has 5 heteroatoms. The molecule has 26 heavy (non-hydrogen) atoms. The number of nitrogens with zero attached hydrogens (tertiary/aromatic N) is 2. The van der Waals surface area contributed by atoms with Crippen molar-refractivity contribution in [1.29, 1.82) is 0 Å². The monoisotopic (exact) mass is 354 g/mol. The van der Waals surface area contributed by atoms with Crippen molar-refractivity contribution in [2.45, 2.75) is 57.1 Å². The number of amides is 1. The van der Waals surface area contributed by atoms with E-state index in [1.807, 2.05) is 48.2 Å². The van der Waals surface area contributed by atoms with Crippen molar-refractivity contribution in [2.24, 2.45) is 5.92 Å². The molecule has 2 heterocycles. The second kappa shape index (κ2) is 6.88. The quantitative estimate of drug-likeness (QED) is 0.919. The van der Waals surface area contributed by atoms with E-state index in [1.165, 1.54) is 0 Å². The molecule has 2 fully saturated rings. The summed E-state index contributed by atoms with van der Waals surface area (Å²) in [5.41, 5.74) is 0.932. The molecular formula is C21H26N2O3. The Balaban J connectivity index is 1.57. The molecule has 0 spiro atoms. The van der Waals surface area contributed by atoms with Crippen molar-refractivity contribution in [3.05, 3.63) is 53.4 Å². The van der Waals surface area contributed by atoms with Gasteiger partial charge in [-0.05, 0) is 31.7 Å². The molecule has 3 atom stereocenters. The lowest BCUT2D eigenvalue weighted by Gasteiger charge is -2.52. The van der Waals surface area contributed by atoms with Crippen LogP contribution in [0.2, 0.25) is 0 Å². The highest BCUT2D eigenvalue weighted by Crippen LogP contribution is 2.47. The zero-order valence-corrected chi connectivity index (χ0v) is 15.2. The third kappa shape index (κ3) is 3.05. The van der Waals surface area contributed by atoms with Crippen LogP contribution in [0, 0.1) is 12.8 Å². The van der Waals surface area contributed by atoms with E-state index in [1.54, 1.807) is 0 Å². The van der Waals surface area contributed by atoms with Crippen LogP contribution in [0.5, 0.6) is 0 Å². The number of carbonyl (C=O) groups is 1. The lowest BCUT2D eigenvalue weighted by Crippen LogP contribution is -2.59. The van der Waals surface area contributed by atoms with Crippen LogP contribution >= 0.6 is 0 Å². The average molecular weight is 354 g/mol. The van der Waals surface area contributed by atoms with E-state index in [9.17, 15) is 9.90 Å². The number of hydrogen-bond acceptors (Lipinski definition) is 4. The Kier molecular flexibility index (Phi) is 4.57. The van der Waals surface area contributed by atoms with Gasteiger partial charge in [-0.2, -0.15) is 0 Å². The predicted octanol–water partition coefficient (Wildman–Crippen LogP) is 3.20. The summed E-state index contributed by atoms with van der Waals surface area (Å²) in [6.45, 7) is 2.44. The molecule has 2 aromatic rings. The number of aryl methyl sites for hydroxylation is 1. The molecule has 4 rings (SSSR count). The summed E-state index contributed by atoms with van der Waals surface area (Å²) < 4.78 is 5.23. The maximum Gasteiger partial charge on any atom is 0.230 e. The van der Waals surface area contributed by atoms with Crippen LogP contribution in [0.15, 0.2) is 40.9 Å². The highest BCUT2D eigenvalue weighted by Gasteiger charge is 2.50. The molecule has 0 radical (unpaired) electrons. The molecule has 0 bridgehead atoms. The molecule has 1 aromatic carbocycles. The zero-order valence-electron chi connectivity index (χ0n) is 15.2. The zero-order chi connectivity index (χ0) is 18.1. The topological polar surface area (TPSA) is 66.6 Å². The number of hydrogen-bond donors (Lipinski definition) is 1. The number of likely N-dealkylation sites (tertiary alicyclic amines) is 1. The summed E-state index contributed by atoms with van der Waals surface area (Å²) in [5, 5.41) is 15.4. The molecule has 138 valence electrons. The standard InChI is InChI=1S/C21H26N2O3/c1-15-13-17(26-22-15)14-20(24)23-12-11-21(25,16-7-3-2-4-8-16)18-9-5-6-10-19(18)23/h2-4,7-8,13,18-19,25H,5-6,9-12,14H2,1H3/t18-,19-,21+/m0/s1. The summed E-state index contributed by atoms with van der Waals surface area (Å²) in [7, 11) is 0. The van der Waals surface area contributed by atoms with E-state index >= 15 is 0 Å². The molecule has 1 N–H and O–H groups in total. The van der Waals surface area contributed by atoms with Gasteiger partial charge in [-0.1, -0.05) is 48.3 Å². The minimum absolute atomic E-state index is 0.0770. The Hall–Kier alpha value is -2.14. The summed E-state index contributed by atoms with van der Waals surface area (Å²) >= 11 is 0. The van der Waals surface area contributed by atoms with Crippen LogP contribution in [0.3, 0.4) is 0 Å². The highest BCUT2D eigenvalue weighted by atomic mass is 16.5. The second-order valence-corrected chi connectivity index (χ2v) is 7.70. The Morgan fingerprint density at radius 2 is 2.08 bits per heavy atom. The van der Waals surface area contributed by atoms with Crippen molar-refractivity contribution in [3.63, 3.8) is 0 Å². The number of piperidine rings is 1. The summed E-state index contributed by atoms with van der Waals surface area (Å²) in [6, 6.07) is 11.9. The number of carbonyl (C=O) groups excluding carboxylic acids is 1. The minimum atomic E-state index is -0.841. The Morgan fingerprint density at radius 1 is 1.31 bits per heavy atom. The first-order valence-corrected chi connectivity index (χ1v) is 9.57. The van der Waals surface area contributed by atoms with Gasteiger partial charge in [-0.15, -0.1) is 0 Å². The van der Waals surface area contributed by atoms with Gasteiger partial charge in [0.1, 0.15) is 5.76 Å². The van der Waals surface area contributed by atoms with Crippen molar-refractivity contribution in [3.8, 4) is 0 Å². The average Bonchev–Trinajstić information content (AvgIpc) is 3.07. The fourth-order valence-electron chi connectivity index (χ4n) is 4.83. The fraction of sp³-hybridized carbons (Fsp3) is 0.524. The molecular weight excluding hydrogens is 328 g/mol. The lowest BCUT2D eigenvalue weighted by atomic mass is 9.66. The van der Waals surface area contributed by atoms with E-state index in [2.05, 4.69) is 5.16 Å². The number of fused-ring (bicyclic) bond motifs is 1. The maximum absolute atomic E-state index is 12.9. The van der Waals surface area contributed by atoms with E-state index in [0.717, 1.165) is 36.9 Å². The molecule has 1 saturated carbocycles. The lowest BCUT2D eigenvalue weighted by molar-refractivity contribution is -0.154. The highest BCUT2D eigenvalue weighted by molar-refractivity contribution is 5.78. The molecule has 1 aromatic heterocycles. The first-order chi connectivity index (χ1) is 12.6. The molecule has 1 amide bonds. The van der Waals surface area contributed by atoms with Crippen molar-refractivity contribution in [2.75, 3.05) is 6.54 Å². The largest absolute Gasteiger partial charge is 0.385 e. The van der Waals surface area contributed by atoms with Crippen LogP contribution in [-0.4, -0.2) is 33.7 Å². The van der Waals surface area contributed by atoms with Crippen LogP contribution < -0.4 is 0 Å². The number of rotatable bonds is 3. The molecule has 2 aliphatic rings. The summed E-state index contributed by atoms with van der Waals surface area (Å²) in [4.78, 5) is 14.9. The van der Waals surface area contributed by atoms with Crippen molar-refractivity contribution >= 4 is 5.91 Å². The maximum atomic E-state index is 12.9. The normalized spacial score (nSPS) is 28.6. The first-order valence-electron chi connectivity index (χ1n) is 9.57. The predicted molar refractivity (Wildman–Crippen MR) is 97.4 cm³/mol. The van der Waals surface area contributed by atoms with E-state index < -0.39 is 5.60 Å². The van der Waals surface area contributed by atoms with Gasteiger partial charge < -0.3 is 14.5 Å². The summed E-state index contributed by atoms with van der Waals surface area (Å²) in [6.07, 6.45) is 4.96. The molecule has 0 unspecified atom stereocenters. The SMILES string of the molecule is Cc1cc(CC(=O)N2CC[C@@](O)(c3ccccc3)[C@H]3CCCC[C@@H]32)on1. The van der Waals surface area contributed by atoms with E-state index in [-0.39, 0.29) is 24.3 Å². The van der Waals surface area contributed by atoms with Crippen LogP contribution in [0.4, 0.5) is 0 Å². The number of aliphatic hydroxyl groups is 1. The van der Waals surface area contributed by atoms with Crippen molar-refractivity contribution in [1.82, 2.24) is 10.1 Å². The Morgan fingerprint density at radius 3 is 2.81 bits per heavy atom. The number of benzene rings is 1. The van der Waals surface area contributed by atoms with Gasteiger partial charge >= 0.3 is 0 Å². The Labute approximate surface area is 154 Å². The number of aromatic nitrogens is 1. The molecule has 1 aliphatic carbocycles. The molecule has 1 aliphatic heterocycles. The third-order valence-electron chi connectivity index (χ3n) is 6.07. The van der Waals surface area contributed by atoms with Gasteiger partial charge in [0.05, 0.1) is 17.7 Å². The van der Waals surface area contributed by atoms with Crippen LogP contribution in [0.25, 0.3) is 0 Å². The van der Waals surface area contributed by atoms with Gasteiger partial charge in [-0.3, -0.25) is 4.79 Å². The van der Waals surface area contributed by atoms with Gasteiger partial charge in [0.15, 0.2) is 0 Å². The first kappa shape index (κ1) is 17.3. The van der Waals surface area contributed by atoms with Gasteiger partial charge in [0.2, 0.25) is 5.91 Å². The van der Waals surface area contributed by atoms with Gasteiger partial charge in [0.25, 0.3) is 0 Å². The third-order valence-corrected chi connectivity index (χ3v) is 6.07. The Bertz CT molecular complexity index is 773. The minimum Gasteiger partial charge on any atom is -0.385 e. The molecule has 5 nitrogen and oxygen atoms in total. The fourth-order valence-corrected chi connectivity index (χ4v) is 4.83.